The predicted molar refractivity (Wildman–Crippen MR) is 91.5 cm³/mol. The lowest BCUT2D eigenvalue weighted by Crippen LogP contribution is -2.26. The summed E-state index contributed by atoms with van der Waals surface area (Å²) in [4.78, 5) is 0. The van der Waals surface area contributed by atoms with E-state index in [0.29, 0.717) is 5.95 Å². The van der Waals surface area contributed by atoms with Gasteiger partial charge in [-0.1, -0.05) is 6.08 Å². The first kappa shape index (κ1) is 19.1. The highest BCUT2D eigenvalue weighted by atomic mass is 28.4. The second-order valence-electron chi connectivity index (χ2n) is 6.57. The van der Waals surface area contributed by atoms with E-state index in [0.717, 1.165) is 18.6 Å². The van der Waals surface area contributed by atoms with Gasteiger partial charge in [-0.3, -0.25) is 0 Å². The first-order chi connectivity index (χ1) is 9.07. The lowest BCUT2D eigenvalue weighted by molar-refractivity contribution is 0.145. The van der Waals surface area contributed by atoms with Gasteiger partial charge in [0, 0.05) is 0 Å². The summed E-state index contributed by atoms with van der Waals surface area (Å²) in [7, 11) is -1.72. The fraction of sp³-hybridized carbons (Fsp3) is 0.600. The van der Waals surface area contributed by atoms with Crippen molar-refractivity contribution in [2.45, 2.75) is 52.1 Å². The maximum absolute atomic E-state index is 6.08. The molecule has 0 atom stereocenters. The molecule has 0 fully saturated rings. The first-order valence-corrected chi connectivity index (χ1v) is 13.8. The van der Waals surface area contributed by atoms with E-state index in [1.165, 1.54) is 0 Å². The monoisotopic (exact) mass is 314 g/mol. The number of hydrogen-bond acceptors (Lipinski definition) is 3. The van der Waals surface area contributed by atoms with Gasteiger partial charge in [0.15, 0.2) is 0 Å². The Morgan fingerprint density at radius 3 is 1.90 bits per heavy atom. The molecule has 0 aliphatic carbocycles. The maximum Gasteiger partial charge on any atom is 0.268 e. The largest absolute Gasteiger partial charge is 0.544 e. The van der Waals surface area contributed by atoms with Crippen molar-refractivity contribution in [2.24, 2.45) is 0 Å². The zero-order valence-electron chi connectivity index (χ0n) is 14.1. The van der Waals surface area contributed by atoms with Crippen LogP contribution in [0, 0.1) is 0 Å². The molecule has 0 radical (unpaired) electrons. The Labute approximate surface area is 126 Å². The summed E-state index contributed by atoms with van der Waals surface area (Å²) in [5.41, 5.74) is 0. The van der Waals surface area contributed by atoms with Gasteiger partial charge < -0.3 is 13.6 Å². The first-order valence-electron chi connectivity index (χ1n) is 7.02. The molecule has 0 heterocycles. The van der Waals surface area contributed by atoms with Crippen LogP contribution in [-0.2, 0) is 13.6 Å². The summed E-state index contributed by atoms with van der Waals surface area (Å²) in [6.07, 6.45) is 7.68. The van der Waals surface area contributed by atoms with Crippen molar-refractivity contribution in [2.75, 3.05) is 7.11 Å². The van der Waals surface area contributed by atoms with Gasteiger partial charge in [0.25, 0.3) is 5.95 Å². The molecule has 0 rings (SSSR count). The molecule has 3 nitrogen and oxygen atoms in total. The highest BCUT2D eigenvalue weighted by Crippen LogP contribution is 2.18. The van der Waals surface area contributed by atoms with Crippen LogP contribution in [0.15, 0.2) is 36.5 Å². The fourth-order valence-electron chi connectivity index (χ4n) is 1.38. The summed E-state index contributed by atoms with van der Waals surface area (Å²) in [5, 5.41) is 0. The van der Waals surface area contributed by atoms with E-state index in [1.54, 1.807) is 7.11 Å². The Morgan fingerprint density at radius 1 is 0.950 bits per heavy atom. The van der Waals surface area contributed by atoms with Crippen LogP contribution in [-0.4, -0.2) is 23.7 Å². The third kappa shape index (κ3) is 10.9. The fourth-order valence-corrected chi connectivity index (χ4v) is 2.97. The van der Waals surface area contributed by atoms with Crippen molar-refractivity contribution in [1.82, 2.24) is 0 Å². The molecule has 0 aliphatic heterocycles. The van der Waals surface area contributed by atoms with Gasteiger partial charge in [-0.25, -0.2) is 0 Å². The van der Waals surface area contributed by atoms with E-state index in [1.807, 2.05) is 12.2 Å². The van der Waals surface area contributed by atoms with Gasteiger partial charge in [-0.05, 0) is 58.2 Å². The zero-order valence-corrected chi connectivity index (χ0v) is 16.1. The lowest BCUT2D eigenvalue weighted by Gasteiger charge is -2.23. The van der Waals surface area contributed by atoms with Crippen LogP contribution in [0.4, 0.5) is 0 Å². The van der Waals surface area contributed by atoms with Crippen LogP contribution in [0.1, 0.15) is 12.8 Å². The standard InChI is InChI=1S/C15H30O3Si2/c1-9-10-11-12-14(17-19(3,4)5)13-15(16-2)18-20(6,7)8/h9,12-13H,1,10-11H2,2-8H3. The Bertz CT molecular complexity index is 360. The molecule has 0 N–H and O–H groups in total. The Hall–Kier alpha value is -0.946. The van der Waals surface area contributed by atoms with Gasteiger partial charge in [0.05, 0.1) is 13.2 Å². The molecule has 0 unspecified atom stereocenters. The number of hydrogen-bond donors (Lipinski definition) is 0. The molecule has 0 bridgehead atoms. The van der Waals surface area contributed by atoms with E-state index >= 15 is 0 Å². The van der Waals surface area contributed by atoms with E-state index in [4.69, 9.17) is 13.6 Å². The molecule has 0 aliphatic rings. The quantitative estimate of drug-likeness (QED) is 0.196. The molecular weight excluding hydrogens is 284 g/mol. The molecule has 0 saturated heterocycles. The van der Waals surface area contributed by atoms with Crippen LogP contribution in [0.3, 0.4) is 0 Å². The van der Waals surface area contributed by atoms with E-state index in [-0.39, 0.29) is 0 Å². The summed E-state index contributed by atoms with van der Waals surface area (Å²) >= 11 is 0. The van der Waals surface area contributed by atoms with Crippen molar-refractivity contribution >= 4 is 16.6 Å². The second kappa shape index (κ2) is 8.36. The minimum absolute atomic E-state index is 0.535. The smallest absolute Gasteiger partial charge is 0.268 e. The van der Waals surface area contributed by atoms with Gasteiger partial charge in [-0.2, -0.15) is 0 Å². The number of ether oxygens (including phenoxy) is 1. The predicted octanol–water partition coefficient (Wildman–Crippen LogP) is 5.03. The Kier molecular flexibility index (Phi) is 7.97. The van der Waals surface area contributed by atoms with Gasteiger partial charge in [-0.15, -0.1) is 6.58 Å². The van der Waals surface area contributed by atoms with Gasteiger partial charge in [0.2, 0.25) is 16.6 Å². The number of allylic oxidation sites excluding steroid dienone is 3. The lowest BCUT2D eigenvalue weighted by atomic mass is 10.2. The third-order valence-corrected chi connectivity index (χ3v) is 3.67. The highest BCUT2D eigenvalue weighted by molar-refractivity contribution is 6.70. The van der Waals surface area contributed by atoms with Crippen molar-refractivity contribution in [3.05, 3.63) is 36.5 Å². The van der Waals surface area contributed by atoms with Gasteiger partial charge >= 0.3 is 0 Å². The summed E-state index contributed by atoms with van der Waals surface area (Å²) in [6, 6.07) is 0. The Morgan fingerprint density at radius 2 is 1.50 bits per heavy atom. The molecule has 0 spiro atoms. The highest BCUT2D eigenvalue weighted by Gasteiger charge is 2.20. The molecule has 0 amide bonds. The summed E-state index contributed by atoms with van der Waals surface area (Å²) in [5.74, 6) is 1.37. The SMILES string of the molecule is C=CCCC=C(C=C(OC)O[Si](C)(C)C)O[Si](C)(C)C. The summed E-state index contributed by atoms with van der Waals surface area (Å²) < 4.78 is 17.3. The van der Waals surface area contributed by atoms with E-state index in [2.05, 4.69) is 51.9 Å². The molecule has 0 aromatic rings. The third-order valence-electron chi connectivity index (χ3n) is 2.01. The normalized spacial score (nSPS) is 13.9. The molecule has 0 aromatic carbocycles. The van der Waals surface area contributed by atoms with Crippen LogP contribution >= 0.6 is 0 Å². The second-order valence-corrected chi connectivity index (χ2v) is 15.4. The molecule has 0 aromatic heterocycles. The summed E-state index contributed by atoms with van der Waals surface area (Å²) in [6.45, 7) is 16.6. The molecular formula is C15H30O3Si2. The maximum atomic E-state index is 6.08. The minimum atomic E-state index is -1.69. The van der Waals surface area contributed by atoms with Crippen LogP contribution in [0.5, 0.6) is 0 Å². The number of unbranched alkanes of at least 4 members (excludes halogenated alkanes) is 1. The zero-order chi connectivity index (χ0) is 15.8. The molecule has 116 valence electrons. The molecule has 5 heteroatoms. The average Bonchev–Trinajstić information content (AvgIpc) is 2.24. The molecule has 0 saturated carbocycles. The van der Waals surface area contributed by atoms with E-state index in [9.17, 15) is 0 Å². The van der Waals surface area contributed by atoms with Crippen molar-refractivity contribution in [3.8, 4) is 0 Å². The topological polar surface area (TPSA) is 27.7 Å². The van der Waals surface area contributed by atoms with Crippen LogP contribution < -0.4 is 0 Å². The average molecular weight is 315 g/mol. The minimum Gasteiger partial charge on any atom is -0.544 e. The van der Waals surface area contributed by atoms with Crippen LogP contribution in [0.25, 0.3) is 0 Å². The number of methoxy groups -OCH3 is 1. The van der Waals surface area contributed by atoms with Crippen molar-refractivity contribution in [1.29, 1.82) is 0 Å². The van der Waals surface area contributed by atoms with Gasteiger partial charge in [0.1, 0.15) is 5.76 Å². The van der Waals surface area contributed by atoms with Crippen LogP contribution in [0.2, 0.25) is 39.3 Å². The Balaban J connectivity index is 5.08. The molecule has 20 heavy (non-hydrogen) atoms. The number of rotatable bonds is 9. The van der Waals surface area contributed by atoms with Crippen molar-refractivity contribution < 1.29 is 13.6 Å². The van der Waals surface area contributed by atoms with E-state index < -0.39 is 16.6 Å². The van der Waals surface area contributed by atoms with Crippen molar-refractivity contribution in [3.63, 3.8) is 0 Å².